The Bertz CT molecular complexity index is 3010. The highest BCUT2D eigenvalue weighted by molar-refractivity contribution is 6.12. The molecule has 0 amide bonds. The fraction of sp³-hybridized carbons (Fsp3) is 0. The average molecular weight is 718 g/mol. The second-order valence-corrected chi connectivity index (χ2v) is 13.7. The van der Waals surface area contributed by atoms with E-state index >= 15 is 0 Å². The number of nitrogens with zero attached hydrogens (tertiary/aromatic N) is 5. The van der Waals surface area contributed by atoms with Crippen LogP contribution in [0.4, 0.5) is 0 Å². The Morgan fingerprint density at radius 3 is 1.46 bits per heavy atom. The maximum atomic E-state index is 4.97. The van der Waals surface area contributed by atoms with Gasteiger partial charge in [0.15, 0.2) is 17.5 Å². The van der Waals surface area contributed by atoms with Crippen LogP contribution in [0.25, 0.3) is 95.5 Å². The molecule has 0 radical (unpaired) electrons. The van der Waals surface area contributed by atoms with Crippen molar-refractivity contribution in [1.29, 1.82) is 0 Å². The summed E-state index contributed by atoms with van der Waals surface area (Å²) < 4.78 is 4.69. The lowest BCUT2D eigenvalue weighted by molar-refractivity contribution is 1.07. The molecule has 0 saturated carbocycles. The van der Waals surface area contributed by atoms with Gasteiger partial charge in [-0.2, -0.15) is 0 Å². The van der Waals surface area contributed by atoms with Crippen molar-refractivity contribution in [2.75, 3.05) is 0 Å². The molecular formula is C51H35N5. The molecule has 5 heteroatoms. The van der Waals surface area contributed by atoms with E-state index in [4.69, 9.17) is 15.0 Å². The predicted molar refractivity (Wildman–Crippen MR) is 232 cm³/mol. The normalized spacial score (nSPS) is 11.6. The van der Waals surface area contributed by atoms with Gasteiger partial charge in [0.05, 0.1) is 22.2 Å². The summed E-state index contributed by atoms with van der Waals surface area (Å²) in [6.45, 7) is 4.03. The molecule has 3 aromatic heterocycles. The monoisotopic (exact) mass is 717 g/mol. The van der Waals surface area contributed by atoms with Crippen LogP contribution in [0.15, 0.2) is 201 Å². The van der Waals surface area contributed by atoms with Crippen LogP contribution in [0.3, 0.4) is 0 Å². The van der Waals surface area contributed by atoms with Crippen LogP contribution >= 0.6 is 0 Å². The van der Waals surface area contributed by atoms with Gasteiger partial charge in [0, 0.05) is 49.8 Å². The van der Waals surface area contributed by atoms with Crippen LogP contribution in [0.2, 0.25) is 0 Å². The van der Waals surface area contributed by atoms with E-state index < -0.39 is 0 Å². The number of rotatable bonds is 8. The van der Waals surface area contributed by atoms with Crippen LogP contribution < -0.4 is 0 Å². The molecule has 0 unspecified atom stereocenters. The lowest BCUT2D eigenvalue weighted by atomic mass is 9.99. The molecule has 0 spiro atoms. The Morgan fingerprint density at radius 1 is 0.393 bits per heavy atom. The van der Waals surface area contributed by atoms with Gasteiger partial charge in [-0.15, -0.1) is 0 Å². The topological polar surface area (TPSA) is 48.5 Å². The van der Waals surface area contributed by atoms with Crippen molar-refractivity contribution >= 4 is 38.8 Å². The zero-order valence-corrected chi connectivity index (χ0v) is 30.5. The summed E-state index contributed by atoms with van der Waals surface area (Å²) >= 11 is 0. The van der Waals surface area contributed by atoms with Gasteiger partial charge in [-0.25, -0.2) is 15.0 Å². The van der Waals surface area contributed by atoms with Gasteiger partial charge >= 0.3 is 0 Å². The SMILES string of the molecule is C=C/C=C\c1c(-c2ccc3c(c2)c2ccccc2n3-c2ccccc2)c2ccccc2n1-c1ccc(-c2nc(-c3ccccc3)nc(-c3ccccc3)n2)cc1. The predicted octanol–water partition coefficient (Wildman–Crippen LogP) is 12.8. The van der Waals surface area contributed by atoms with Gasteiger partial charge in [0.1, 0.15) is 0 Å². The fourth-order valence-electron chi connectivity index (χ4n) is 7.84. The molecule has 7 aromatic carbocycles. The van der Waals surface area contributed by atoms with Crippen molar-refractivity contribution in [3.8, 4) is 56.7 Å². The fourth-order valence-corrected chi connectivity index (χ4v) is 7.84. The summed E-state index contributed by atoms with van der Waals surface area (Å²) in [7, 11) is 0. The van der Waals surface area contributed by atoms with E-state index in [0.717, 1.165) is 44.8 Å². The van der Waals surface area contributed by atoms with E-state index in [2.05, 4.69) is 143 Å². The third-order valence-electron chi connectivity index (χ3n) is 10.4. The van der Waals surface area contributed by atoms with E-state index in [0.29, 0.717) is 17.5 Å². The molecule has 0 aliphatic rings. The smallest absolute Gasteiger partial charge is 0.164 e. The van der Waals surface area contributed by atoms with Crippen LogP contribution in [0, 0.1) is 0 Å². The maximum Gasteiger partial charge on any atom is 0.164 e. The molecule has 56 heavy (non-hydrogen) atoms. The molecule has 0 aliphatic carbocycles. The van der Waals surface area contributed by atoms with E-state index in [1.807, 2.05) is 72.8 Å². The van der Waals surface area contributed by atoms with Gasteiger partial charge in [0.2, 0.25) is 0 Å². The summed E-state index contributed by atoms with van der Waals surface area (Å²) in [5.74, 6) is 1.90. The summed E-state index contributed by atoms with van der Waals surface area (Å²) in [6, 6.07) is 63.4. The van der Waals surface area contributed by atoms with Crippen LogP contribution in [0.1, 0.15) is 5.69 Å². The van der Waals surface area contributed by atoms with Crippen molar-refractivity contribution in [1.82, 2.24) is 24.1 Å². The second kappa shape index (κ2) is 14.0. The van der Waals surface area contributed by atoms with Crippen molar-refractivity contribution in [3.63, 3.8) is 0 Å². The molecule has 0 saturated heterocycles. The maximum absolute atomic E-state index is 4.97. The van der Waals surface area contributed by atoms with Crippen LogP contribution in [-0.4, -0.2) is 24.1 Å². The quantitative estimate of drug-likeness (QED) is 0.147. The molecule has 0 N–H and O–H groups in total. The Kier molecular flexibility index (Phi) is 8.23. The van der Waals surface area contributed by atoms with Gasteiger partial charge < -0.3 is 9.13 Å². The largest absolute Gasteiger partial charge is 0.309 e. The van der Waals surface area contributed by atoms with Gasteiger partial charge in [-0.3, -0.25) is 0 Å². The number of benzene rings is 7. The third-order valence-corrected chi connectivity index (χ3v) is 10.4. The molecule has 5 nitrogen and oxygen atoms in total. The van der Waals surface area contributed by atoms with E-state index in [1.54, 1.807) is 0 Å². The first kappa shape index (κ1) is 33.0. The Labute approximate surface area is 324 Å². The highest BCUT2D eigenvalue weighted by Crippen LogP contribution is 2.41. The Balaban J connectivity index is 1.13. The minimum absolute atomic E-state index is 0.622. The average Bonchev–Trinajstić information content (AvgIpc) is 3.79. The number of hydrogen-bond acceptors (Lipinski definition) is 3. The molecular weight excluding hydrogens is 683 g/mol. The standard InChI is InChI=1S/C51H35N5/c1-2-3-25-47-48(38-30-33-46-43(34-38)41-23-13-15-26-44(41)55(46)39-21-11-6-12-22-39)42-24-14-16-27-45(42)56(47)40-31-28-37(29-32-40)51-53-49(35-17-7-4-8-18-35)52-50(54-51)36-19-9-5-10-20-36/h2-34H,1H2/b25-3-. The first-order valence-electron chi connectivity index (χ1n) is 18.7. The second-order valence-electron chi connectivity index (χ2n) is 13.7. The van der Waals surface area contributed by atoms with E-state index in [9.17, 15) is 0 Å². The van der Waals surface area contributed by atoms with Crippen LogP contribution in [0.5, 0.6) is 0 Å². The third kappa shape index (κ3) is 5.70. The molecule has 0 atom stereocenters. The number of para-hydroxylation sites is 3. The minimum atomic E-state index is 0.622. The van der Waals surface area contributed by atoms with E-state index in [-0.39, 0.29) is 0 Å². The molecule has 3 heterocycles. The van der Waals surface area contributed by atoms with Crippen LogP contribution in [-0.2, 0) is 0 Å². The molecule has 10 aromatic rings. The van der Waals surface area contributed by atoms with E-state index in [1.165, 1.54) is 32.8 Å². The molecule has 10 rings (SSSR count). The van der Waals surface area contributed by atoms with Crippen molar-refractivity contribution in [3.05, 3.63) is 206 Å². The Hall–Kier alpha value is -7.63. The summed E-state index contributed by atoms with van der Waals surface area (Å²) in [5.41, 5.74) is 11.8. The highest BCUT2D eigenvalue weighted by atomic mass is 15.0. The first-order chi connectivity index (χ1) is 27.7. The first-order valence-corrected chi connectivity index (χ1v) is 18.7. The molecule has 0 bridgehead atoms. The highest BCUT2D eigenvalue weighted by Gasteiger charge is 2.21. The van der Waals surface area contributed by atoms with Crippen molar-refractivity contribution in [2.24, 2.45) is 0 Å². The number of allylic oxidation sites excluding steroid dienone is 2. The molecule has 0 aliphatic heterocycles. The Morgan fingerprint density at radius 2 is 0.857 bits per heavy atom. The lowest BCUT2D eigenvalue weighted by Gasteiger charge is -2.12. The zero-order chi connectivity index (χ0) is 37.4. The summed E-state index contributed by atoms with van der Waals surface area (Å²) in [4.78, 5) is 14.8. The minimum Gasteiger partial charge on any atom is -0.309 e. The van der Waals surface area contributed by atoms with Crippen molar-refractivity contribution < 1.29 is 0 Å². The van der Waals surface area contributed by atoms with Gasteiger partial charge in [-0.05, 0) is 72.3 Å². The van der Waals surface area contributed by atoms with Gasteiger partial charge in [0.25, 0.3) is 0 Å². The number of hydrogen-bond donors (Lipinski definition) is 0. The van der Waals surface area contributed by atoms with Crippen molar-refractivity contribution in [2.45, 2.75) is 0 Å². The zero-order valence-electron chi connectivity index (χ0n) is 30.5. The lowest BCUT2D eigenvalue weighted by Crippen LogP contribution is -2.01. The number of aromatic nitrogens is 5. The molecule has 0 fully saturated rings. The summed E-state index contributed by atoms with van der Waals surface area (Å²) in [6.07, 6.45) is 6.02. The summed E-state index contributed by atoms with van der Waals surface area (Å²) in [5, 5.41) is 3.60. The number of fused-ring (bicyclic) bond motifs is 4. The van der Waals surface area contributed by atoms with Gasteiger partial charge in [-0.1, -0.05) is 140 Å². The molecule has 264 valence electrons.